The summed E-state index contributed by atoms with van der Waals surface area (Å²) in [7, 11) is 0. The summed E-state index contributed by atoms with van der Waals surface area (Å²) in [5.74, 6) is -0.502. The van der Waals surface area contributed by atoms with E-state index in [9.17, 15) is 18.0 Å². The fourth-order valence-electron chi connectivity index (χ4n) is 6.15. The van der Waals surface area contributed by atoms with E-state index in [0.717, 1.165) is 42.4 Å². The van der Waals surface area contributed by atoms with Crippen molar-refractivity contribution < 1.29 is 27.4 Å². The standard InChI is InChI=1S/C34H42F3NO3/c1-7-10-11-12-23-13-16-27(24(8-2)19-23)29-20-25-14-15-26(21-28(25)38(29)22(4)5)40-30-17-18-31(41-32(39)9-3)33(30,6)34(35,36)37/h9,13-16,19-22,30-31H,3,7-8,10-12,17-18H2,1-2,4-6H3. The highest BCUT2D eigenvalue weighted by atomic mass is 19.4. The van der Waals surface area contributed by atoms with Crippen molar-refractivity contribution in [3.05, 3.63) is 66.2 Å². The van der Waals surface area contributed by atoms with Crippen LogP contribution in [0.3, 0.4) is 0 Å². The first-order valence-electron chi connectivity index (χ1n) is 14.8. The van der Waals surface area contributed by atoms with Crippen molar-refractivity contribution in [2.24, 2.45) is 5.41 Å². The van der Waals surface area contributed by atoms with E-state index in [2.05, 4.69) is 63.1 Å². The van der Waals surface area contributed by atoms with E-state index in [-0.39, 0.29) is 18.9 Å². The number of carbonyl (C=O) groups is 1. The highest BCUT2D eigenvalue weighted by molar-refractivity contribution is 5.89. The van der Waals surface area contributed by atoms with Crippen LogP contribution in [0.1, 0.15) is 83.9 Å². The van der Waals surface area contributed by atoms with Crippen molar-refractivity contribution in [3.8, 4) is 17.0 Å². The summed E-state index contributed by atoms with van der Waals surface area (Å²) in [6, 6.07) is 14.5. The molecular weight excluding hydrogens is 527 g/mol. The van der Waals surface area contributed by atoms with E-state index in [1.54, 1.807) is 6.07 Å². The van der Waals surface area contributed by atoms with E-state index in [4.69, 9.17) is 9.47 Å². The van der Waals surface area contributed by atoms with Gasteiger partial charge in [-0.25, -0.2) is 4.79 Å². The van der Waals surface area contributed by atoms with E-state index >= 15 is 0 Å². The second kappa shape index (κ2) is 12.3. The maximum absolute atomic E-state index is 14.4. The molecule has 1 aliphatic rings. The first kappa shape index (κ1) is 30.7. The number of nitrogens with zero attached hydrogens (tertiary/aromatic N) is 1. The Labute approximate surface area is 241 Å². The molecule has 0 spiro atoms. The van der Waals surface area contributed by atoms with Crippen molar-refractivity contribution in [2.45, 2.75) is 104 Å². The Balaban J connectivity index is 1.70. The fraction of sp³-hybridized carbons (Fsp3) is 0.500. The Morgan fingerprint density at radius 1 is 1.10 bits per heavy atom. The topological polar surface area (TPSA) is 40.5 Å². The van der Waals surface area contributed by atoms with Crippen LogP contribution >= 0.6 is 0 Å². The number of halogens is 3. The van der Waals surface area contributed by atoms with E-state index in [1.807, 2.05) is 12.1 Å². The van der Waals surface area contributed by atoms with Crippen LogP contribution < -0.4 is 4.74 Å². The number of benzene rings is 2. The highest BCUT2D eigenvalue weighted by Crippen LogP contribution is 2.53. The number of rotatable bonds is 11. The van der Waals surface area contributed by atoms with Crippen molar-refractivity contribution in [2.75, 3.05) is 0 Å². The Morgan fingerprint density at radius 2 is 1.83 bits per heavy atom. The fourth-order valence-corrected chi connectivity index (χ4v) is 6.15. The smallest absolute Gasteiger partial charge is 0.401 e. The summed E-state index contributed by atoms with van der Waals surface area (Å²) in [4.78, 5) is 11.8. The number of aromatic nitrogens is 1. The van der Waals surface area contributed by atoms with Crippen molar-refractivity contribution in [3.63, 3.8) is 0 Å². The SMILES string of the molecule is C=CC(=O)OC1CCC(Oc2ccc3cc(-c4ccc(CCCCC)cc4CC)n(C(C)C)c3c2)C1(C)C(F)(F)F. The maximum atomic E-state index is 14.4. The van der Waals surface area contributed by atoms with Crippen LogP contribution in [-0.4, -0.2) is 28.9 Å². The van der Waals surface area contributed by atoms with Gasteiger partial charge in [0.1, 0.15) is 23.4 Å². The van der Waals surface area contributed by atoms with Crippen molar-refractivity contribution >= 4 is 16.9 Å². The summed E-state index contributed by atoms with van der Waals surface area (Å²) >= 11 is 0. The van der Waals surface area contributed by atoms with Gasteiger partial charge in [-0.1, -0.05) is 51.5 Å². The average molecular weight is 570 g/mol. The van der Waals surface area contributed by atoms with Gasteiger partial charge in [0, 0.05) is 34.8 Å². The van der Waals surface area contributed by atoms with Crippen LogP contribution in [0.5, 0.6) is 5.75 Å². The maximum Gasteiger partial charge on any atom is 0.401 e. The first-order chi connectivity index (χ1) is 19.4. The minimum atomic E-state index is -4.63. The molecule has 222 valence electrons. The van der Waals surface area contributed by atoms with Gasteiger partial charge < -0.3 is 14.0 Å². The molecule has 2 aromatic carbocycles. The van der Waals surface area contributed by atoms with Gasteiger partial charge in [-0.15, -0.1) is 0 Å². The zero-order valence-electron chi connectivity index (χ0n) is 24.8. The summed E-state index contributed by atoms with van der Waals surface area (Å²) in [6.07, 6.45) is -0.539. The molecule has 0 saturated heterocycles. The molecule has 3 unspecified atom stereocenters. The van der Waals surface area contributed by atoms with Gasteiger partial charge in [0.25, 0.3) is 0 Å². The molecule has 0 aliphatic heterocycles. The molecule has 1 saturated carbocycles. The van der Waals surface area contributed by atoms with Gasteiger partial charge in [0.2, 0.25) is 0 Å². The van der Waals surface area contributed by atoms with Crippen molar-refractivity contribution in [1.29, 1.82) is 0 Å². The van der Waals surface area contributed by atoms with Crippen LogP contribution in [0.2, 0.25) is 0 Å². The Bertz CT molecular complexity index is 1390. The minimum absolute atomic E-state index is 0.0588. The lowest BCUT2D eigenvalue weighted by molar-refractivity contribution is -0.262. The van der Waals surface area contributed by atoms with E-state index in [0.29, 0.717) is 5.75 Å². The largest absolute Gasteiger partial charge is 0.489 e. The number of ether oxygens (including phenoxy) is 2. The number of esters is 1. The lowest BCUT2D eigenvalue weighted by Crippen LogP contribution is -2.51. The molecule has 4 nitrogen and oxygen atoms in total. The summed E-state index contributed by atoms with van der Waals surface area (Å²) in [5.41, 5.74) is 3.45. The summed E-state index contributed by atoms with van der Waals surface area (Å²) in [5, 5.41) is 0.998. The molecular formula is C34H42F3NO3. The molecule has 0 N–H and O–H groups in total. The summed E-state index contributed by atoms with van der Waals surface area (Å²) < 4.78 is 56.7. The third-order valence-corrected chi connectivity index (χ3v) is 8.57. The first-order valence-corrected chi connectivity index (χ1v) is 14.8. The van der Waals surface area contributed by atoms with Crippen LogP contribution in [0.15, 0.2) is 55.1 Å². The van der Waals surface area contributed by atoms with E-state index in [1.165, 1.54) is 36.0 Å². The zero-order valence-corrected chi connectivity index (χ0v) is 24.8. The second-order valence-corrected chi connectivity index (χ2v) is 11.6. The third kappa shape index (κ3) is 6.05. The Kier molecular flexibility index (Phi) is 9.25. The molecule has 7 heteroatoms. The Hall–Kier alpha value is -3.22. The monoisotopic (exact) mass is 569 g/mol. The summed E-state index contributed by atoms with van der Waals surface area (Å²) in [6.45, 7) is 13.0. The highest BCUT2D eigenvalue weighted by Gasteiger charge is 2.66. The average Bonchev–Trinajstić information content (AvgIpc) is 3.46. The van der Waals surface area contributed by atoms with Gasteiger partial charge in [-0.2, -0.15) is 13.2 Å². The number of fused-ring (bicyclic) bond motifs is 1. The minimum Gasteiger partial charge on any atom is -0.489 e. The van der Waals surface area contributed by atoms with Gasteiger partial charge in [-0.05, 0) is 82.2 Å². The quantitative estimate of drug-likeness (QED) is 0.131. The van der Waals surface area contributed by atoms with Gasteiger partial charge in [0.05, 0.1) is 5.52 Å². The predicted molar refractivity (Wildman–Crippen MR) is 158 cm³/mol. The number of hydrogen-bond donors (Lipinski definition) is 0. The molecule has 1 aromatic heterocycles. The normalized spacial score (nSPS) is 21.0. The Morgan fingerprint density at radius 3 is 2.46 bits per heavy atom. The van der Waals surface area contributed by atoms with Crippen LogP contribution in [0.4, 0.5) is 13.2 Å². The predicted octanol–water partition coefficient (Wildman–Crippen LogP) is 9.39. The zero-order chi connectivity index (χ0) is 29.9. The number of unbranched alkanes of at least 4 members (excludes halogenated alkanes) is 2. The molecule has 0 bridgehead atoms. The molecule has 4 rings (SSSR count). The van der Waals surface area contributed by atoms with E-state index < -0.39 is 29.8 Å². The molecule has 0 radical (unpaired) electrons. The number of hydrogen-bond acceptors (Lipinski definition) is 3. The van der Waals surface area contributed by atoms with Gasteiger partial charge in [-0.3, -0.25) is 0 Å². The molecule has 3 aromatic rings. The van der Waals surface area contributed by atoms with Crippen LogP contribution in [0, 0.1) is 5.41 Å². The molecule has 1 fully saturated rings. The van der Waals surface area contributed by atoms with Crippen LogP contribution in [-0.2, 0) is 22.4 Å². The van der Waals surface area contributed by atoms with Gasteiger partial charge >= 0.3 is 12.1 Å². The molecule has 0 amide bonds. The van der Waals surface area contributed by atoms with Crippen LogP contribution in [0.25, 0.3) is 22.2 Å². The lowest BCUT2D eigenvalue weighted by atomic mass is 9.83. The molecule has 1 aliphatic carbocycles. The van der Waals surface area contributed by atoms with Gasteiger partial charge in [0.15, 0.2) is 0 Å². The molecule has 3 atom stereocenters. The number of carbonyl (C=O) groups excluding carboxylic acids is 1. The number of alkyl halides is 3. The lowest BCUT2D eigenvalue weighted by Gasteiger charge is -2.37. The molecule has 41 heavy (non-hydrogen) atoms. The van der Waals surface area contributed by atoms with Crippen molar-refractivity contribution in [1.82, 2.24) is 4.57 Å². The third-order valence-electron chi connectivity index (χ3n) is 8.57. The number of aryl methyl sites for hydroxylation is 2. The molecule has 1 heterocycles. The second-order valence-electron chi connectivity index (χ2n) is 11.6.